The van der Waals surface area contributed by atoms with E-state index in [9.17, 15) is 22.4 Å². The Morgan fingerprint density at radius 2 is 1.76 bits per heavy atom. The molecule has 0 saturated heterocycles. The summed E-state index contributed by atoms with van der Waals surface area (Å²) in [5, 5.41) is 14.2. The number of nitrogens with one attached hydrogen (secondary N) is 2. The largest absolute Gasteiger partial charge is 0.416 e. The molecule has 2 aromatic rings. The third kappa shape index (κ3) is 4.70. The van der Waals surface area contributed by atoms with Gasteiger partial charge in [0.15, 0.2) is 0 Å². The van der Waals surface area contributed by atoms with Gasteiger partial charge in [0, 0.05) is 18.7 Å². The normalized spacial score (nSPS) is 10.8. The first kappa shape index (κ1) is 18.3. The standard InChI is InChI=1S/C17H13F4N3O/c18-14-2-1-3-15(13(14)10-22)23-8-9-24-16(25)11-4-6-12(7-5-11)17(19,20)21/h1-7,23H,8-9H2,(H,24,25). The number of amides is 1. The lowest BCUT2D eigenvalue weighted by atomic mass is 10.1. The van der Waals surface area contributed by atoms with E-state index in [4.69, 9.17) is 5.26 Å². The quantitative estimate of drug-likeness (QED) is 0.639. The number of carbonyl (C=O) groups is 1. The van der Waals surface area contributed by atoms with Crippen LogP contribution in [0.15, 0.2) is 42.5 Å². The maximum atomic E-state index is 13.4. The van der Waals surface area contributed by atoms with E-state index in [1.807, 2.05) is 0 Å². The SMILES string of the molecule is N#Cc1c(F)cccc1NCCNC(=O)c1ccc(C(F)(F)F)cc1. The molecule has 0 fully saturated rings. The molecule has 4 nitrogen and oxygen atoms in total. The Labute approximate surface area is 141 Å². The van der Waals surface area contributed by atoms with Crippen molar-refractivity contribution in [3.8, 4) is 6.07 Å². The van der Waals surface area contributed by atoms with Gasteiger partial charge in [-0.05, 0) is 36.4 Å². The Balaban J connectivity index is 1.87. The molecule has 0 radical (unpaired) electrons. The molecular formula is C17H13F4N3O. The van der Waals surface area contributed by atoms with Crippen LogP contribution in [0.1, 0.15) is 21.5 Å². The van der Waals surface area contributed by atoms with Gasteiger partial charge >= 0.3 is 6.18 Å². The monoisotopic (exact) mass is 351 g/mol. The molecule has 0 saturated carbocycles. The van der Waals surface area contributed by atoms with E-state index in [0.717, 1.165) is 30.3 Å². The van der Waals surface area contributed by atoms with Crippen molar-refractivity contribution in [2.75, 3.05) is 18.4 Å². The van der Waals surface area contributed by atoms with E-state index < -0.39 is 23.5 Å². The van der Waals surface area contributed by atoms with Crippen molar-refractivity contribution in [2.24, 2.45) is 0 Å². The summed E-state index contributed by atoms with van der Waals surface area (Å²) in [4.78, 5) is 11.9. The van der Waals surface area contributed by atoms with Gasteiger partial charge in [0.1, 0.15) is 17.4 Å². The lowest BCUT2D eigenvalue weighted by Gasteiger charge is -2.10. The smallest absolute Gasteiger partial charge is 0.382 e. The Morgan fingerprint density at radius 3 is 2.36 bits per heavy atom. The van der Waals surface area contributed by atoms with Crippen LogP contribution in [0, 0.1) is 17.1 Å². The number of halogens is 4. The number of hydrogen-bond acceptors (Lipinski definition) is 3. The van der Waals surface area contributed by atoms with Crippen LogP contribution in [0.2, 0.25) is 0 Å². The maximum Gasteiger partial charge on any atom is 0.416 e. The summed E-state index contributed by atoms with van der Waals surface area (Å²) in [6, 6.07) is 9.72. The lowest BCUT2D eigenvalue weighted by Crippen LogP contribution is -2.29. The molecule has 2 N–H and O–H groups in total. The molecule has 2 rings (SSSR count). The molecule has 0 aromatic heterocycles. The van der Waals surface area contributed by atoms with Gasteiger partial charge in [-0.3, -0.25) is 4.79 Å². The lowest BCUT2D eigenvalue weighted by molar-refractivity contribution is -0.137. The zero-order valence-electron chi connectivity index (χ0n) is 12.8. The van der Waals surface area contributed by atoms with Crippen molar-refractivity contribution in [2.45, 2.75) is 6.18 Å². The Bertz CT molecular complexity index is 795. The Morgan fingerprint density at radius 1 is 1.08 bits per heavy atom. The average molecular weight is 351 g/mol. The maximum absolute atomic E-state index is 13.4. The zero-order chi connectivity index (χ0) is 18.4. The first-order valence-corrected chi connectivity index (χ1v) is 7.21. The van der Waals surface area contributed by atoms with E-state index in [1.165, 1.54) is 12.1 Å². The van der Waals surface area contributed by atoms with Crippen LogP contribution >= 0.6 is 0 Å². The molecule has 0 aliphatic heterocycles. The summed E-state index contributed by atoms with van der Waals surface area (Å²) < 4.78 is 50.8. The van der Waals surface area contributed by atoms with Crippen molar-refractivity contribution in [3.63, 3.8) is 0 Å². The van der Waals surface area contributed by atoms with E-state index in [0.29, 0.717) is 5.69 Å². The van der Waals surface area contributed by atoms with Crippen molar-refractivity contribution >= 4 is 11.6 Å². The molecule has 130 valence electrons. The molecular weight excluding hydrogens is 338 g/mol. The van der Waals surface area contributed by atoms with E-state index in [-0.39, 0.29) is 24.2 Å². The average Bonchev–Trinajstić information content (AvgIpc) is 2.58. The van der Waals surface area contributed by atoms with Gasteiger partial charge in [-0.2, -0.15) is 18.4 Å². The molecule has 0 unspecified atom stereocenters. The summed E-state index contributed by atoms with van der Waals surface area (Å²) >= 11 is 0. The molecule has 0 aliphatic carbocycles. The van der Waals surface area contributed by atoms with Crippen LogP contribution in [0.4, 0.5) is 23.2 Å². The minimum Gasteiger partial charge on any atom is -0.382 e. The molecule has 0 spiro atoms. The highest BCUT2D eigenvalue weighted by Crippen LogP contribution is 2.29. The molecule has 0 heterocycles. The van der Waals surface area contributed by atoms with Gasteiger partial charge in [-0.25, -0.2) is 4.39 Å². The Hall–Kier alpha value is -3.08. The summed E-state index contributed by atoms with van der Waals surface area (Å²) in [6.07, 6.45) is -4.46. The van der Waals surface area contributed by atoms with E-state index >= 15 is 0 Å². The highest BCUT2D eigenvalue weighted by atomic mass is 19.4. The molecule has 1 amide bonds. The van der Waals surface area contributed by atoms with Crippen molar-refractivity contribution < 1.29 is 22.4 Å². The Kier molecular flexibility index (Phi) is 5.60. The van der Waals surface area contributed by atoms with Crippen LogP contribution in [0.5, 0.6) is 0 Å². The fourth-order valence-corrected chi connectivity index (χ4v) is 2.07. The van der Waals surface area contributed by atoms with Crippen LogP contribution in [-0.4, -0.2) is 19.0 Å². The highest BCUT2D eigenvalue weighted by Gasteiger charge is 2.30. The fourth-order valence-electron chi connectivity index (χ4n) is 2.07. The number of hydrogen-bond donors (Lipinski definition) is 2. The second-order valence-corrected chi connectivity index (χ2v) is 5.03. The number of carbonyl (C=O) groups excluding carboxylic acids is 1. The van der Waals surface area contributed by atoms with E-state index in [1.54, 1.807) is 6.07 Å². The first-order valence-electron chi connectivity index (χ1n) is 7.21. The van der Waals surface area contributed by atoms with Gasteiger partial charge in [-0.1, -0.05) is 6.07 Å². The second-order valence-electron chi connectivity index (χ2n) is 5.03. The van der Waals surface area contributed by atoms with Gasteiger partial charge in [0.25, 0.3) is 5.91 Å². The van der Waals surface area contributed by atoms with Gasteiger partial charge in [-0.15, -0.1) is 0 Å². The number of nitriles is 1. The van der Waals surface area contributed by atoms with Crippen molar-refractivity contribution in [3.05, 3.63) is 65.0 Å². The van der Waals surface area contributed by atoms with E-state index in [2.05, 4.69) is 10.6 Å². The summed E-state index contributed by atoms with van der Waals surface area (Å²) in [6.45, 7) is 0.353. The molecule has 2 aromatic carbocycles. The third-order valence-electron chi connectivity index (χ3n) is 3.33. The van der Waals surface area contributed by atoms with Crippen molar-refractivity contribution in [1.82, 2.24) is 5.32 Å². The van der Waals surface area contributed by atoms with Gasteiger partial charge in [0.2, 0.25) is 0 Å². The predicted molar refractivity (Wildman–Crippen MR) is 83.4 cm³/mol. The summed E-state index contributed by atoms with van der Waals surface area (Å²) in [5.41, 5.74) is -0.569. The zero-order valence-corrected chi connectivity index (χ0v) is 12.8. The van der Waals surface area contributed by atoms with Crippen LogP contribution in [-0.2, 0) is 6.18 Å². The highest BCUT2D eigenvalue weighted by molar-refractivity contribution is 5.94. The fraction of sp³-hybridized carbons (Fsp3) is 0.176. The van der Waals surface area contributed by atoms with Crippen LogP contribution in [0.25, 0.3) is 0 Å². The topological polar surface area (TPSA) is 64.9 Å². The van der Waals surface area contributed by atoms with Crippen LogP contribution in [0.3, 0.4) is 0 Å². The molecule has 25 heavy (non-hydrogen) atoms. The first-order chi connectivity index (χ1) is 11.8. The van der Waals surface area contributed by atoms with Gasteiger partial charge < -0.3 is 10.6 Å². The molecule has 0 atom stereocenters. The molecule has 0 aliphatic rings. The minimum absolute atomic E-state index is 0.0940. The number of alkyl halides is 3. The number of benzene rings is 2. The molecule has 8 heteroatoms. The van der Waals surface area contributed by atoms with Crippen molar-refractivity contribution in [1.29, 1.82) is 5.26 Å². The number of rotatable bonds is 5. The minimum atomic E-state index is -4.46. The summed E-state index contributed by atoms with van der Waals surface area (Å²) in [7, 11) is 0. The van der Waals surface area contributed by atoms with Gasteiger partial charge in [0.05, 0.1) is 11.3 Å². The number of nitrogens with zero attached hydrogens (tertiary/aromatic N) is 1. The number of anilines is 1. The second kappa shape index (κ2) is 7.66. The van der Waals surface area contributed by atoms with Crippen LogP contribution < -0.4 is 10.6 Å². The third-order valence-corrected chi connectivity index (χ3v) is 3.33. The predicted octanol–water partition coefficient (Wildman–Crippen LogP) is 3.56. The summed E-state index contributed by atoms with van der Waals surface area (Å²) in [5.74, 6) is -1.18. The molecule has 0 bridgehead atoms.